The first kappa shape index (κ1) is 10.5. The second kappa shape index (κ2) is 4.66. The number of alkyl halides is 1. The van der Waals surface area contributed by atoms with E-state index in [0.29, 0.717) is 24.9 Å². The number of nitrogens with zero attached hydrogens (tertiary/aromatic N) is 2. The molecule has 15 heavy (non-hydrogen) atoms. The molecule has 0 spiro atoms. The van der Waals surface area contributed by atoms with Crippen molar-refractivity contribution in [3.8, 4) is 0 Å². The van der Waals surface area contributed by atoms with E-state index >= 15 is 0 Å². The third kappa shape index (κ3) is 2.96. The third-order valence-electron chi connectivity index (χ3n) is 2.46. The first-order valence-corrected chi connectivity index (χ1v) is 5.67. The van der Waals surface area contributed by atoms with Gasteiger partial charge in [0.1, 0.15) is 0 Å². The number of halogens is 1. The maximum absolute atomic E-state index is 11.4. The minimum Gasteiger partial charge on any atom is -0.353 e. The highest BCUT2D eigenvalue weighted by Gasteiger charge is 2.22. The van der Waals surface area contributed by atoms with Crippen molar-refractivity contribution in [2.24, 2.45) is 0 Å². The molecule has 0 saturated heterocycles. The second-order valence-corrected chi connectivity index (χ2v) is 4.07. The molecule has 1 fully saturated rings. The Bertz CT molecular complexity index is 346. The SMILES string of the molecule is O=C(CCn1cncc1CCl)NC1CC1. The molecular formula is C10H14ClN3O. The summed E-state index contributed by atoms with van der Waals surface area (Å²) in [5.41, 5.74) is 0.955. The molecule has 1 aliphatic carbocycles. The summed E-state index contributed by atoms with van der Waals surface area (Å²) in [6.07, 6.45) is 6.19. The van der Waals surface area contributed by atoms with Crippen molar-refractivity contribution in [1.82, 2.24) is 14.9 Å². The molecule has 0 bridgehead atoms. The van der Waals surface area contributed by atoms with Gasteiger partial charge in [-0.2, -0.15) is 0 Å². The largest absolute Gasteiger partial charge is 0.353 e. The van der Waals surface area contributed by atoms with Crippen molar-refractivity contribution in [3.05, 3.63) is 18.2 Å². The number of carbonyl (C=O) groups excluding carboxylic acids is 1. The van der Waals surface area contributed by atoms with Crippen LogP contribution in [0.25, 0.3) is 0 Å². The first-order valence-electron chi connectivity index (χ1n) is 5.14. The van der Waals surface area contributed by atoms with E-state index in [2.05, 4.69) is 10.3 Å². The van der Waals surface area contributed by atoms with Crippen molar-refractivity contribution in [2.45, 2.75) is 37.7 Å². The zero-order chi connectivity index (χ0) is 10.7. The van der Waals surface area contributed by atoms with Crippen LogP contribution in [0.15, 0.2) is 12.5 Å². The van der Waals surface area contributed by atoms with E-state index < -0.39 is 0 Å². The molecule has 82 valence electrons. The Balaban J connectivity index is 1.78. The van der Waals surface area contributed by atoms with E-state index in [1.807, 2.05) is 4.57 Å². The molecule has 4 nitrogen and oxygen atoms in total. The van der Waals surface area contributed by atoms with Gasteiger partial charge in [0, 0.05) is 25.2 Å². The molecule has 1 amide bonds. The van der Waals surface area contributed by atoms with Gasteiger partial charge in [-0.25, -0.2) is 4.98 Å². The van der Waals surface area contributed by atoms with E-state index in [1.165, 1.54) is 0 Å². The summed E-state index contributed by atoms with van der Waals surface area (Å²) in [4.78, 5) is 15.4. The number of imidazole rings is 1. The van der Waals surface area contributed by atoms with Crippen LogP contribution in [-0.4, -0.2) is 21.5 Å². The van der Waals surface area contributed by atoms with Gasteiger partial charge in [-0.15, -0.1) is 11.6 Å². The molecule has 1 aromatic heterocycles. The van der Waals surface area contributed by atoms with Crippen molar-refractivity contribution in [2.75, 3.05) is 0 Å². The number of aryl methyl sites for hydroxylation is 1. The monoisotopic (exact) mass is 227 g/mol. The summed E-state index contributed by atoms with van der Waals surface area (Å²) in [5, 5.41) is 2.95. The van der Waals surface area contributed by atoms with E-state index in [-0.39, 0.29) is 5.91 Å². The summed E-state index contributed by atoms with van der Waals surface area (Å²) >= 11 is 5.72. The minimum absolute atomic E-state index is 0.117. The summed E-state index contributed by atoms with van der Waals surface area (Å²) < 4.78 is 1.92. The average molecular weight is 228 g/mol. The van der Waals surface area contributed by atoms with E-state index in [9.17, 15) is 4.79 Å². The quantitative estimate of drug-likeness (QED) is 0.771. The van der Waals surface area contributed by atoms with Gasteiger partial charge in [0.15, 0.2) is 0 Å². The molecule has 0 radical (unpaired) electrons. The second-order valence-electron chi connectivity index (χ2n) is 3.80. The lowest BCUT2D eigenvalue weighted by Crippen LogP contribution is -2.26. The standard InChI is InChI=1S/C10H14ClN3O/c11-5-9-6-12-7-14(9)4-3-10(15)13-8-1-2-8/h6-8H,1-5H2,(H,13,15). The Kier molecular flexibility index (Phi) is 3.26. The van der Waals surface area contributed by atoms with Gasteiger partial charge in [0.2, 0.25) is 5.91 Å². The fourth-order valence-corrected chi connectivity index (χ4v) is 1.63. The van der Waals surface area contributed by atoms with Gasteiger partial charge < -0.3 is 9.88 Å². The van der Waals surface area contributed by atoms with Crippen molar-refractivity contribution < 1.29 is 4.79 Å². The molecule has 0 atom stereocenters. The molecule has 1 aromatic rings. The molecule has 0 aliphatic heterocycles. The molecular weight excluding hydrogens is 214 g/mol. The fraction of sp³-hybridized carbons (Fsp3) is 0.600. The number of carbonyl (C=O) groups is 1. The van der Waals surface area contributed by atoms with E-state index in [4.69, 9.17) is 11.6 Å². The fourth-order valence-electron chi connectivity index (χ4n) is 1.41. The van der Waals surface area contributed by atoms with Crippen LogP contribution < -0.4 is 5.32 Å². The molecule has 1 heterocycles. The summed E-state index contributed by atoms with van der Waals surface area (Å²) in [7, 11) is 0. The maximum Gasteiger partial charge on any atom is 0.222 e. The van der Waals surface area contributed by atoms with Crippen LogP contribution in [0.4, 0.5) is 0 Å². The molecule has 5 heteroatoms. The van der Waals surface area contributed by atoms with Gasteiger partial charge in [-0.3, -0.25) is 4.79 Å². The number of aromatic nitrogens is 2. The predicted octanol–water partition coefficient (Wildman–Crippen LogP) is 1.29. The Morgan fingerprint density at radius 2 is 2.47 bits per heavy atom. The van der Waals surface area contributed by atoms with Gasteiger partial charge in [-0.05, 0) is 12.8 Å². The van der Waals surface area contributed by atoms with Crippen molar-refractivity contribution >= 4 is 17.5 Å². The third-order valence-corrected chi connectivity index (χ3v) is 2.73. The van der Waals surface area contributed by atoms with Crippen LogP contribution in [0.5, 0.6) is 0 Å². The highest BCUT2D eigenvalue weighted by atomic mass is 35.5. The van der Waals surface area contributed by atoms with Crippen LogP contribution >= 0.6 is 11.6 Å². The number of hydrogen-bond acceptors (Lipinski definition) is 2. The van der Waals surface area contributed by atoms with Crippen LogP contribution in [0.1, 0.15) is 25.0 Å². The molecule has 1 aliphatic rings. The summed E-state index contributed by atoms with van der Waals surface area (Å²) in [6.45, 7) is 0.653. The van der Waals surface area contributed by atoms with Crippen LogP contribution in [0.2, 0.25) is 0 Å². The molecule has 0 unspecified atom stereocenters. The Hall–Kier alpha value is -1.03. The predicted molar refractivity (Wildman–Crippen MR) is 57.6 cm³/mol. The summed E-state index contributed by atoms with van der Waals surface area (Å²) in [5.74, 6) is 0.552. The van der Waals surface area contributed by atoms with Crippen molar-refractivity contribution in [1.29, 1.82) is 0 Å². The number of nitrogens with one attached hydrogen (secondary N) is 1. The van der Waals surface area contributed by atoms with Crippen LogP contribution in [-0.2, 0) is 17.2 Å². The van der Waals surface area contributed by atoms with Crippen LogP contribution in [0, 0.1) is 0 Å². The highest BCUT2D eigenvalue weighted by Crippen LogP contribution is 2.18. The van der Waals surface area contributed by atoms with Gasteiger partial charge >= 0.3 is 0 Å². The van der Waals surface area contributed by atoms with E-state index in [0.717, 1.165) is 18.5 Å². The summed E-state index contributed by atoms with van der Waals surface area (Å²) in [6, 6.07) is 0.438. The number of amides is 1. The lowest BCUT2D eigenvalue weighted by molar-refractivity contribution is -0.121. The zero-order valence-corrected chi connectivity index (χ0v) is 9.20. The minimum atomic E-state index is 0.117. The Morgan fingerprint density at radius 1 is 1.67 bits per heavy atom. The highest BCUT2D eigenvalue weighted by molar-refractivity contribution is 6.16. The Labute approximate surface area is 93.6 Å². The lowest BCUT2D eigenvalue weighted by Gasteiger charge is -2.06. The zero-order valence-electron chi connectivity index (χ0n) is 8.45. The maximum atomic E-state index is 11.4. The molecule has 0 aromatic carbocycles. The first-order chi connectivity index (χ1) is 7.29. The molecule has 2 rings (SSSR count). The normalized spacial score (nSPS) is 15.3. The molecule has 1 saturated carbocycles. The Morgan fingerprint density at radius 3 is 3.13 bits per heavy atom. The lowest BCUT2D eigenvalue weighted by atomic mass is 10.3. The average Bonchev–Trinajstić information content (AvgIpc) is 2.92. The topological polar surface area (TPSA) is 46.9 Å². The van der Waals surface area contributed by atoms with Gasteiger partial charge in [0.25, 0.3) is 0 Å². The smallest absolute Gasteiger partial charge is 0.222 e. The van der Waals surface area contributed by atoms with Gasteiger partial charge in [-0.1, -0.05) is 0 Å². The van der Waals surface area contributed by atoms with Crippen molar-refractivity contribution in [3.63, 3.8) is 0 Å². The van der Waals surface area contributed by atoms with Gasteiger partial charge in [0.05, 0.1) is 17.9 Å². The number of rotatable bonds is 5. The van der Waals surface area contributed by atoms with Crippen LogP contribution in [0.3, 0.4) is 0 Å². The number of hydrogen-bond donors (Lipinski definition) is 1. The van der Waals surface area contributed by atoms with E-state index in [1.54, 1.807) is 12.5 Å². The molecule has 1 N–H and O–H groups in total.